The lowest BCUT2D eigenvalue weighted by Crippen LogP contribution is -2.34. The molecule has 148 valence electrons. The predicted molar refractivity (Wildman–Crippen MR) is 100 cm³/mol. The molecule has 0 spiro atoms. The van der Waals surface area contributed by atoms with Crippen molar-refractivity contribution in [2.75, 3.05) is 20.5 Å². The van der Waals surface area contributed by atoms with Crippen LogP contribution in [0.1, 0.15) is 29.0 Å². The number of fused-ring (bicyclic) bond motifs is 1. The first kappa shape index (κ1) is 19.7. The van der Waals surface area contributed by atoms with Gasteiger partial charge in [0.2, 0.25) is 10.0 Å². The van der Waals surface area contributed by atoms with Crippen molar-refractivity contribution in [3.63, 3.8) is 0 Å². The summed E-state index contributed by atoms with van der Waals surface area (Å²) < 4.78 is 41.1. The van der Waals surface area contributed by atoms with Crippen LogP contribution >= 0.6 is 0 Å². The fraction of sp³-hybridized carbons (Fsp3) is 0.500. The van der Waals surface area contributed by atoms with Gasteiger partial charge in [-0.25, -0.2) is 13.1 Å². The normalized spacial score (nSPS) is 16.8. The molecule has 1 aromatic carbocycles. The Morgan fingerprint density at radius 3 is 2.52 bits per heavy atom. The van der Waals surface area contributed by atoms with Gasteiger partial charge in [0.1, 0.15) is 23.0 Å². The molecule has 2 N–H and O–H groups in total. The Kier molecular flexibility index (Phi) is 6.03. The molecule has 1 aromatic heterocycles. The summed E-state index contributed by atoms with van der Waals surface area (Å²) in [5.74, 6) is 2.36. The number of rotatable bonds is 8. The fourth-order valence-electron chi connectivity index (χ4n) is 3.21. The van der Waals surface area contributed by atoms with E-state index in [0.29, 0.717) is 12.2 Å². The highest BCUT2D eigenvalue weighted by atomic mass is 32.2. The minimum atomic E-state index is -3.27. The zero-order valence-corrected chi connectivity index (χ0v) is 16.6. The number of nitrogens with zero attached hydrogens (tertiary/aromatic N) is 1. The molecule has 3 rings (SSSR count). The Labute approximate surface area is 159 Å². The van der Waals surface area contributed by atoms with Crippen LogP contribution in [-0.2, 0) is 36.0 Å². The molecular weight excluding hydrogens is 370 g/mol. The van der Waals surface area contributed by atoms with Crippen LogP contribution in [0.5, 0.6) is 11.5 Å². The first-order valence-electron chi connectivity index (χ1n) is 8.74. The van der Waals surface area contributed by atoms with E-state index in [1.165, 1.54) is 0 Å². The molecule has 0 fully saturated rings. The van der Waals surface area contributed by atoms with Crippen LogP contribution in [0.4, 0.5) is 0 Å². The smallest absolute Gasteiger partial charge is 0.209 e. The average Bonchev–Trinajstić information content (AvgIpc) is 3.06. The number of sulfonamides is 1. The Balaban J connectivity index is 1.64. The number of aryl methyl sites for hydroxylation is 1. The highest BCUT2D eigenvalue weighted by Crippen LogP contribution is 2.26. The van der Waals surface area contributed by atoms with Crippen LogP contribution in [0.3, 0.4) is 0 Å². The number of aromatic nitrogens is 1. The highest BCUT2D eigenvalue weighted by molar-refractivity contribution is 7.88. The molecule has 0 saturated heterocycles. The van der Waals surface area contributed by atoms with Crippen LogP contribution in [0.2, 0.25) is 0 Å². The summed E-state index contributed by atoms with van der Waals surface area (Å²) in [6, 6.07) is 6.05. The number of ether oxygens (including phenoxy) is 2. The maximum Gasteiger partial charge on any atom is 0.209 e. The molecule has 0 amide bonds. The molecular formula is C18H25N3O5S. The van der Waals surface area contributed by atoms with Gasteiger partial charge in [-0.3, -0.25) is 0 Å². The summed E-state index contributed by atoms with van der Waals surface area (Å²) in [4.78, 5) is 0. The summed E-state index contributed by atoms with van der Waals surface area (Å²) >= 11 is 0. The van der Waals surface area contributed by atoms with E-state index >= 15 is 0 Å². The lowest BCUT2D eigenvalue weighted by molar-refractivity contribution is 0.350. The molecule has 27 heavy (non-hydrogen) atoms. The lowest BCUT2D eigenvalue weighted by atomic mass is 9.92. The van der Waals surface area contributed by atoms with Crippen molar-refractivity contribution in [1.29, 1.82) is 0 Å². The largest absolute Gasteiger partial charge is 0.497 e. The highest BCUT2D eigenvalue weighted by Gasteiger charge is 2.25. The van der Waals surface area contributed by atoms with Gasteiger partial charge in [0.05, 0.1) is 27.0 Å². The Morgan fingerprint density at radius 2 is 1.89 bits per heavy atom. The molecule has 0 saturated carbocycles. The second-order valence-corrected chi connectivity index (χ2v) is 8.50. The second kappa shape index (κ2) is 8.28. The predicted octanol–water partition coefficient (Wildman–Crippen LogP) is 1.39. The van der Waals surface area contributed by atoms with Crippen molar-refractivity contribution in [2.45, 2.75) is 38.4 Å². The Bertz CT molecular complexity index is 872. The van der Waals surface area contributed by atoms with E-state index in [1.54, 1.807) is 14.2 Å². The fourth-order valence-corrected chi connectivity index (χ4v) is 3.61. The lowest BCUT2D eigenvalue weighted by Gasteiger charge is -2.23. The van der Waals surface area contributed by atoms with E-state index in [-0.39, 0.29) is 12.6 Å². The number of hydrogen-bond acceptors (Lipinski definition) is 7. The number of nitrogens with one attached hydrogen (secondary N) is 2. The van der Waals surface area contributed by atoms with E-state index in [9.17, 15) is 8.42 Å². The summed E-state index contributed by atoms with van der Waals surface area (Å²) in [6.45, 7) is 0.827. The van der Waals surface area contributed by atoms with Crippen LogP contribution in [0.25, 0.3) is 0 Å². The van der Waals surface area contributed by atoms with Crippen LogP contribution in [0, 0.1) is 0 Å². The number of benzene rings is 1. The minimum Gasteiger partial charge on any atom is -0.497 e. The number of hydrogen-bond donors (Lipinski definition) is 2. The summed E-state index contributed by atoms with van der Waals surface area (Å²) in [5, 5.41) is 7.59. The van der Waals surface area contributed by atoms with E-state index < -0.39 is 10.0 Å². The second-order valence-electron chi connectivity index (χ2n) is 6.67. The maximum absolute atomic E-state index is 11.3. The van der Waals surface area contributed by atoms with Crippen LogP contribution in [0.15, 0.2) is 22.7 Å². The molecule has 9 heteroatoms. The Morgan fingerprint density at radius 1 is 1.19 bits per heavy atom. The van der Waals surface area contributed by atoms with Gasteiger partial charge in [0.25, 0.3) is 0 Å². The van der Waals surface area contributed by atoms with Crippen molar-refractivity contribution < 1.29 is 22.4 Å². The van der Waals surface area contributed by atoms with E-state index in [0.717, 1.165) is 53.9 Å². The van der Waals surface area contributed by atoms with Gasteiger partial charge in [-0.05, 0) is 30.5 Å². The molecule has 1 aliphatic carbocycles. The molecule has 1 heterocycles. The van der Waals surface area contributed by atoms with Crippen molar-refractivity contribution >= 4 is 10.0 Å². The zero-order valence-electron chi connectivity index (χ0n) is 15.7. The van der Waals surface area contributed by atoms with Crippen LogP contribution < -0.4 is 19.5 Å². The SMILES string of the molecule is COc1cc(CNC2CCc3onc(CNS(C)(=O)=O)c3C2)cc(OC)c1. The summed E-state index contributed by atoms with van der Waals surface area (Å²) in [5.41, 5.74) is 2.73. The van der Waals surface area contributed by atoms with E-state index in [1.807, 2.05) is 18.2 Å². The third-order valence-corrected chi connectivity index (χ3v) is 5.30. The molecule has 0 aliphatic heterocycles. The van der Waals surface area contributed by atoms with Crippen molar-refractivity contribution in [3.05, 3.63) is 40.8 Å². The van der Waals surface area contributed by atoms with E-state index in [2.05, 4.69) is 15.2 Å². The van der Waals surface area contributed by atoms with Gasteiger partial charge in [-0.2, -0.15) is 0 Å². The first-order chi connectivity index (χ1) is 12.9. The van der Waals surface area contributed by atoms with E-state index in [4.69, 9.17) is 14.0 Å². The standard InChI is InChI=1S/C18H25N3O5S/c1-24-14-6-12(7-15(9-14)25-2)10-19-13-4-5-18-16(8-13)17(21-26-18)11-20-27(3,22)23/h6-7,9,13,19-20H,4-5,8,10-11H2,1-3H3. The van der Waals surface area contributed by atoms with Crippen molar-refractivity contribution in [3.8, 4) is 11.5 Å². The minimum absolute atomic E-state index is 0.150. The molecule has 1 unspecified atom stereocenters. The summed E-state index contributed by atoms with van der Waals surface area (Å²) in [6.07, 6.45) is 3.59. The van der Waals surface area contributed by atoms with Gasteiger partial charge < -0.3 is 19.3 Å². The van der Waals surface area contributed by atoms with Crippen LogP contribution in [-0.4, -0.2) is 40.1 Å². The molecule has 0 bridgehead atoms. The number of methoxy groups -OCH3 is 2. The van der Waals surface area contributed by atoms with Gasteiger partial charge >= 0.3 is 0 Å². The topological polar surface area (TPSA) is 103 Å². The average molecular weight is 395 g/mol. The quantitative estimate of drug-likeness (QED) is 0.696. The van der Waals surface area contributed by atoms with Gasteiger partial charge in [0, 0.05) is 30.6 Å². The van der Waals surface area contributed by atoms with Crippen molar-refractivity contribution in [1.82, 2.24) is 15.2 Å². The third-order valence-electron chi connectivity index (χ3n) is 4.63. The molecule has 8 nitrogen and oxygen atoms in total. The summed E-state index contributed by atoms with van der Waals surface area (Å²) in [7, 11) is -0.00768. The Hall–Kier alpha value is -2.10. The zero-order chi connectivity index (χ0) is 19.4. The monoisotopic (exact) mass is 395 g/mol. The van der Waals surface area contributed by atoms with Gasteiger partial charge in [0.15, 0.2) is 0 Å². The maximum atomic E-state index is 11.3. The third kappa shape index (κ3) is 5.21. The first-order valence-corrected chi connectivity index (χ1v) is 10.6. The molecule has 1 aliphatic rings. The molecule has 2 aromatic rings. The molecule has 1 atom stereocenters. The van der Waals surface area contributed by atoms with Crippen molar-refractivity contribution in [2.24, 2.45) is 0 Å². The van der Waals surface area contributed by atoms with Gasteiger partial charge in [-0.15, -0.1) is 0 Å². The van der Waals surface area contributed by atoms with Gasteiger partial charge in [-0.1, -0.05) is 5.16 Å². The molecule has 0 radical (unpaired) electrons.